The summed E-state index contributed by atoms with van der Waals surface area (Å²) in [5.74, 6) is 0.144. The molecule has 8 heteroatoms. The van der Waals surface area contributed by atoms with Gasteiger partial charge in [-0.25, -0.2) is 4.98 Å². The highest BCUT2D eigenvalue weighted by Crippen LogP contribution is 2.30. The van der Waals surface area contributed by atoms with Crippen LogP contribution < -0.4 is 10.6 Å². The van der Waals surface area contributed by atoms with Gasteiger partial charge < -0.3 is 10.6 Å². The fourth-order valence-electron chi connectivity index (χ4n) is 2.51. The van der Waals surface area contributed by atoms with E-state index >= 15 is 0 Å². The maximum Gasteiger partial charge on any atom is 0.236 e. The first-order valence-electron chi connectivity index (χ1n) is 9.08. The number of nitrogens with one attached hydrogen (secondary N) is 2. The average Bonchev–Trinajstić information content (AvgIpc) is 3.16. The smallest absolute Gasteiger partial charge is 0.236 e. The third kappa shape index (κ3) is 6.32. The van der Waals surface area contributed by atoms with Crippen molar-refractivity contribution in [3.05, 3.63) is 58.9 Å². The zero-order chi connectivity index (χ0) is 20.6. The molecule has 0 saturated heterocycles. The molecule has 3 rings (SSSR count). The largest absolute Gasteiger partial charge is 0.326 e. The summed E-state index contributed by atoms with van der Waals surface area (Å²) >= 11 is 8.98. The molecular formula is C21H20ClN3O2S2. The number of aromatic nitrogens is 1. The molecule has 2 aromatic carbocycles. The number of benzene rings is 2. The zero-order valence-electron chi connectivity index (χ0n) is 15.8. The van der Waals surface area contributed by atoms with Crippen molar-refractivity contribution in [1.82, 2.24) is 4.98 Å². The van der Waals surface area contributed by atoms with Crippen LogP contribution in [-0.2, 0) is 9.59 Å². The third-order valence-electron chi connectivity index (χ3n) is 3.89. The van der Waals surface area contributed by atoms with Crippen LogP contribution in [0.3, 0.4) is 0 Å². The van der Waals surface area contributed by atoms with Crippen molar-refractivity contribution in [1.29, 1.82) is 0 Å². The van der Waals surface area contributed by atoms with Gasteiger partial charge in [-0.05, 0) is 36.8 Å². The third-order valence-corrected chi connectivity index (χ3v) is 5.98. The summed E-state index contributed by atoms with van der Waals surface area (Å²) in [6.07, 6.45) is 1.32. The number of carbonyl (C=O) groups is 2. The van der Waals surface area contributed by atoms with E-state index in [1.165, 1.54) is 23.1 Å². The van der Waals surface area contributed by atoms with Gasteiger partial charge >= 0.3 is 0 Å². The van der Waals surface area contributed by atoms with Gasteiger partial charge in [0.1, 0.15) is 0 Å². The highest BCUT2D eigenvalue weighted by molar-refractivity contribution is 8.00. The Morgan fingerprint density at radius 2 is 1.83 bits per heavy atom. The van der Waals surface area contributed by atoms with Crippen molar-refractivity contribution in [2.45, 2.75) is 24.7 Å². The average molecular weight is 446 g/mol. The number of anilines is 2. The topological polar surface area (TPSA) is 71.1 Å². The molecule has 0 atom stereocenters. The van der Waals surface area contributed by atoms with Crippen LogP contribution in [0.25, 0.3) is 11.3 Å². The second-order valence-electron chi connectivity index (χ2n) is 6.18. The molecule has 150 valence electrons. The maximum atomic E-state index is 12.2. The van der Waals surface area contributed by atoms with E-state index in [-0.39, 0.29) is 17.6 Å². The number of nitrogens with zero attached hydrogens (tertiary/aromatic N) is 1. The van der Waals surface area contributed by atoms with Crippen molar-refractivity contribution in [2.75, 3.05) is 16.4 Å². The summed E-state index contributed by atoms with van der Waals surface area (Å²) in [5.41, 5.74) is 2.34. The van der Waals surface area contributed by atoms with Crippen molar-refractivity contribution >= 4 is 57.3 Å². The minimum absolute atomic E-state index is 0.00638. The lowest BCUT2D eigenvalue weighted by molar-refractivity contribution is -0.116. The number of carbonyl (C=O) groups excluding carboxylic acids is 2. The van der Waals surface area contributed by atoms with Gasteiger partial charge in [0.05, 0.1) is 11.4 Å². The molecule has 1 aromatic heterocycles. The highest BCUT2D eigenvalue weighted by atomic mass is 35.5. The number of hydrogen-bond acceptors (Lipinski definition) is 5. The van der Waals surface area contributed by atoms with Crippen LogP contribution in [0.1, 0.15) is 19.8 Å². The van der Waals surface area contributed by atoms with Crippen molar-refractivity contribution in [2.24, 2.45) is 0 Å². The van der Waals surface area contributed by atoms with E-state index in [1.807, 2.05) is 60.8 Å². The van der Waals surface area contributed by atoms with Crippen LogP contribution in [-0.4, -0.2) is 22.6 Å². The Bertz CT molecular complexity index is 990. The SMILES string of the molecule is CCCC(=O)Nc1ccc(SCC(=O)Nc2nc(-c3ccccc3Cl)cs2)cc1. The lowest BCUT2D eigenvalue weighted by Crippen LogP contribution is -2.13. The van der Waals surface area contributed by atoms with Crippen LogP contribution in [0.2, 0.25) is 5.02 Å². The van der Waals surface area contributed by atoms with Gasteiger partial charge in [0.15, 0.2) is 5.13 Å². The van der Waals surface area contributed by atoms with E-state index in [0.29, 0.717) is 16.6 Å². The zero-order valence-corrected chi connectivity index (χ0v) is 18.2. The molecule has 29 heavy (non-hydrogen) atoms. The quantitative estimate of drug-likeness (QED) is 0.421. The molecule has 2 amide bonds. The summed E-state index contributed by atoms with van der Waals surface area (Å²) in [6, 6.07) is 14.9. The van der Waals surface area contributed by atoms with Gasteiger partial charge in [-0.2, -0.15) is 0 Å². The van der Waals surface area contributed by atoms with Gasteiger partial charge in [-0.15, -0.1) is 23.1 Å². The molecule has 0 fully saturated rings. The minimum atomic E-state index is -0.129. The van der Waals surface area contributed by atoms with Crippen LogP contribution >= 0.6 is 34.7 Å². The van der Waals surface area contributed by atoms with E-state index < -0.39 is 0 Å². The van der Waals surface area contributed by atoms with Crippen LogP contribution in [0.15, 0.2) is 58.8 Å². The molecule has 0 aliphatic carbocycles. The fraction of sp³-hybridized carbons (Fsp3) is 0.190. The molecule has 0 radical (unpaired) electrons. The Kier molecular flexibility index (Phi) is 7.69. The molecule has 0 unspecified atom stereocenters. The number of rotatable bonds is 8. The molecular weight excluding hydrogens is 426 g/mol. The second kappa shape index (κ2) is 10.4. The highest BCUT2D eigenvalue weighted by Gasteiger charge is 2.10. The Hall–Kier alpha value is -2.35. The first kappa shape index (κ1) is 21.4. The fourth-order valence-corrected chi connectivity index (χ4v) is 4.17. The predicted molar refractivity (Wildman–Crippen MR) is 122 cm³/mol. The molecule has 0 saturated carbocycles. The molecule has 0 spiro atoms. The van der Waals surface area contributed by atoms with E-state index in [9.17, 15) is 9.59 Å². The molecule has 5 nitrogen and oxygen atoms in total. The molecule has 3 aromatic rings. The molecule has 1 heterocycles. The van der Waals surface area contributed by atoms with Gasteiger partial charge in [0.25, 0.3) is 0 Å². The lowest BCUT2D eigenvalue weighted by Gasteiger charge is -2.06. The summed E-state index contributed by atoms with van der Waals surface area (Å²) in [4.78, 5) is 29.2. The van der Waals surface area contributed by atoms with Crippen molar-refractivity contribution in [3.8, 4) is 11.3 Å². The summed E-state index contributed by atoms with van der Waals surface area (Å²) in [5, 5.41) is 8.70. The summed E-state index contributed by atoms with van der Waals surface area (Å²) in [7, 11) is 0. The Balaban J connectivity index is 1.50. The Labute approximate surface area is 182 Å². The van der Waals surface area contributed by atoms with Gasteiger partial charge in [0, 0.05) is 33.0 Å². The number of halogens is 1. The van der Waals surface area contributed by atoms with Crippen molar-refractivity contribution in [3.63, 3.8) is 0 Å². The van der Waals surface area contributed by atoms with Gasteiger partial charge in [0.2, 0.25) is 11.8 Å². The summed E-state index contributed by atoms with van der Waals surface area (Å²) in [6.45, 7) is 1.97. The van der Waals surface area contributed by atoms with E-state index in [4.69, 9.17) is 11.6 Å². The normalized spacial score (nSPS) is 10.6. The molecule has 2 N–H and O–H groups in total. The number of hydrogen-bond donors (Lipinski definition) is 2. The molecule has 0 aliphatic heterocycles. The van der Waals surface area contributed by atoms with Crippen LogP contribution in [0.5, 0.6) is 0 Å². The van der Waals surface area contributed by atoms with Gasteiger partial charge in [-0.1, -0.05) is 36.7 Å². The van der Waals surface area contributed by atoms with Crippen LogP contribution in [0.4, 0.5) is 10.8 Å². The number of thioether (sulfide) groups is 1. The van der Waals surface area contributed by atoms with E-state index in [0.717, 1.165) is 28.3 Å². The standard InChI is InChI=1S/C21H20ClN3O2S2/c1-2-5-19(26)23-14-8-10-15(11-9-14)28-13-20(27)25-21-24-18(12-29-21)16-6-3-4-7-17(16)22/h3-4,6-12H,2,5,13H2,1H3,(H,23,26)(H,24,25,27). The molecule has 0 bridgehead atoms. The maximum absolute atomic E-state index is 12.2. The first-order valence-corrected chi connectivity index (χ1v) is 11.3. The second-order valence-corrected chi connectivity index (χ2v) is 8.49. The summed E-state index contributed by atoms with van der Waals surface area (Å²) < 4.78 is 0. The number of thiazole rings is 1. The first-order chi connectivity index (χ1) is 14.0. The van der Waals surface area contributed by atoms with E-state index in [2.05, 4.69) is 15.6 Å². The van der Waals surface area contributed by atoms with Gasteiger partial charge in [-0.3, -0.25) is 9.59 Å². The number of amides is 2. The lowest BCUT2D eigenvalue weighted by atomic mass is 10.2. The van der Waals surface area contributed by atoms with Crippen molar-refractivity contribution < 1.29 is 9.59 Å². The van der Waals surface area contributed by atoms with E-state index in [1.54, 1.807) is 0 Å². The minimum Gasteiger partial charge on any atom is -0.326 e. The molecule has 0 aliphatic rings. The van der Waals surface area contributed by atoms with Crippen LogP contribution in [0, 0.1) is 0 Å². The Morgan fingerprint density at radius 1 is 1.07 bits per heavy atom. The predicted octanol–water partition coefficient (Wildman–Crippen LogP) is 5.93. The Morgan fingerprint density at radius 3 is 2.55 bits per heavy atom. The monoisotopic (exact) mass is 445 g/mol.